The lowest BCUT2D eigenvalue weighted by atomic mass is 10.2. The maximum absolute atomic E-state index is 9.19. The molecule has 8 heteroatoms. The standard InChI is InChI=1S/C7H6Cl2O2.C6H4Cl2O2/c1-3-5(10)2-4(8)6(9)7(3)11;7-3-1-4(8)6(10)2-5(3)9/h2,10-11H,1H3;1-2,9-10H. The fraction of sp³-hybridized carbons (Fsp3) is 0.0769. The van der Waals surface area contributed by atoms with Crippen LogP contribution < -0.4 is 0 Å². The van der Waals surface area contributed by atoms with Crippen LogP contribution in [0.2, 0.25) is 20.1 Å². The van der Waals surface area contributed by atoms with E-state index in [2.05, 4.69) is 0 Å². The maximum atomic E-state index is 9.19. The van der Waals surface area contributed by atoms with Crippen LogP contribution in [0.25, 0.3) is 0 Å². The van der Waals surface area contributed by atoms with Crippen molar-refractivity contribution in [3.63, 3.8) is 0 Å². The molecule has 0 radical (unpaired) electrons. The van der Waals surface area contributed by atoms with Gasteiger partial charge in [-0.05, 0) is 13.0 Å². The van der Waals surface area contributed by atoms with E-state index < -0.39 is 0 Å². The fourth-order valence-corrected chi connectivity index (χ4v) is 1.99. The van der Waals surface area contributed by atoms with Crippen LogP contribution in [0, 0.1) is 6.92 Å². The highest BCUT2D eigenvalue weighted by Crippen LogP contribution is 2.38. The summed E-state index contributed by atoms with van der Waals surface area (Å²) in [5.74, 6) is -0.583. The van der Waals surface area contributed by atoms with E-state index in [1.54, 1.807) is 6.92 Å². The summed E-state index contributed by atoms with van der Waals surface area (Å²) in [5, 5.41) is 36.5. The quantitative estimate of drug-likeness (QED) is 0.518. The largest absolute Gasteiger partial charge is 0.507 e. The minimum Gasteiger partial charge on any atom is -0.507 e. The van der Waals surface area contributed by atoms with Gasteiger partial charge in [0.25, 0.3) is 0 Å². The molecule has 0 fully saturated rings. The van der Waals surface area contributed by atoms with E-state index in [0.717, 1.165) is 6.07 Å². The summed E-state index contributed by atoms with van der Waals surface area (Å²) < 4.78 is 0. The number of rotatable bonds is 0. The number of phenolic OH excluding ortho intramolecular Hbond substituents is 4. The van der Waals surface area contributed by atoms with Gasteiger partial charge < -0.3 is 20.4 Å². The summed E-state index contributed by atoms with van der Waals surface area (Å²) in [6.45, 7) is 1.55. The topological polar surface area (TPSA) is 80.9 Å². The van der Waals surface area contributed by atoms with Crippen molar-refractivity contribution in [1.82, 2.24) is 0 Å². The Kier molecular flexibility index (Phi) is 6.10. The Morgan fingerprint density at radius 1 is 0.667 bits per heavy atom. The minimum absolute atomic E-state index is 0.0584. The third kappa shape index (κ3) is 4.38. The highest BCUT2D eigenvalue weighted by Gasteiger charge is 2.10. The molecule has 114 valence electrons. The van der Waals surface area contributed by atoms with Gasteiger partial charge in [-0.1, -0.05) is 46.4 Å². The van der Waals surface area contributed by atoms with Crippen LogP contribution in [0.5, 0.6) is 23.0 Å². The molecule has 2 aromatic rings. The smallest absolute Gasteiger partial charge is 0.142 e. The van der Waals surface area contributed by atoms with E-state index in [1.807, 2.05) is 0 Å². The Morgan fingerprint density at radius 2 is 1.14 bits per heavy atom. The summed E-state index contributed by atoms with van der Waals surface area (Å²) in [4.78, 5) is 0. The average molecular weight is 372 g/mol. The molecule has 2 aromatic carbocycles. The molecule has 0 aliphatic rings. The first-order chi connectivity index (χ1) is 9.65. The van der Waals surface area contributed by atoms with Crippen molar-refractivity contribution in [3.8, 4) is 23.0 Å². The number of benzene rings is 2. The van der Waals surface area contributed by atoms with Crippen LogP contribution in [0.4, 0.5) is 0 Å². The maximum Gasteiger partial charge on any atom is 0.142 e. The SMILES string of the molecule is Cc1c(O)cc(Cl)c(Cl)c1O.Oc1cc(O)c(Cl)cc1Cl. The molecule has 0 bridgehead atoms. The van der Waals surface area contributed by atoms with Gasteiger partial charge in [0.2, 0.25) is 0 Å². The highest BCUT2D eigenvalue weighted by molar-refractivity contribution is 6.43. The second-order valence-electron chi connectivity index (χ2n) is 3.92. The molecule has 0 amide bonds. The van der Waals surface area contributed by atoms with Crippen molar-refractivity contribution >= 4 is 46.4 Å². The van der Waals surface area contributed by atoms with Gasteiger partial charge in [0.1, 0.15) is 28.0 Å². The second kappa shape index (κ2) is 7.18. The van der Waals surface area contributed by atoms with Gasteiger partial charge in [-0.3, -0.25) is 0 Å². The third-order valence-corrected chi connectivity index (χ3v) is 3.82. The summed E-state index contributed by atoms with van der Waals surface area (Å²) in [7, 11) is 0. The molecule has 0 aromatic heterocycles. The molecule has 0 unspecified atom stereocenters. The Labute approximate surface area is 140 Å². The Bertz CT molecular complexity index is 597. The molecule has 2 rings (SSSR count). The summed E-state index contributed by atoms with van der Waals surface area (Å²) in [5.41, 5.74) is 0.333. The van der Waals surface area contributed by atoms with Crippen molar-refractivity contribution in [2.45, 2.75) is 6.92 Å². The molecule has 0 atom stereocenters. The molecular weight excluding hydrogens is 362 g/mol. The van der Waals surface area contributed by atoms with E-state index in [0.29, 0.717) is 5.56 Å². The van der Waals surface area contributed by atoms with Crippen LogP contribution in [-0.4, -0.2) is 20.4 Å². The number of phenols is 4. The molecule has 4 nitrogen and oxygen atoms in total. The van der Waals surface area contributed by atoms with Crippen LogP contribution in [0.15, 0.2) is 18.2 Å². The van der Waals surface area contributed by atoms with Crippen molar-refractivity contribution in [2.24, 2.45) is 0 Å². The normalized spacial score (nSPS) is 9.95. The molecule has 4 N–H and O–H groups in total. The van der Waals surface area contributed by atoms with E-state index >= 15 is 0 Å². The highest BCUT2D eigenvalue weighted by atomic mass is 35.5. The van der Waals surface area contributed by atoms with Crippen molar-refractivity contribution in [1.29, 1.82) is 0 Å². The molecule has 0 heterocycles. The number of aromatic hydroxyl groups is 4. The zero-order valence-corrected chi connectivity index (χ0v) is 13.6. The molecule has 21 heavy (non-hydrogen) atoms. The van der Waals surface area contributed by atoms with Gasteiger partial charge in [-0.25, -0.2) is 0 Å². The fourth-order valence-electron chi connectivity index (χ4n) is 1.22. The van der Waals surface area contributed by atoms with E-state index in [-0.39, 0.29) is 43.1 Å². The van der Waals surface area contributed by atoms with E-state index in [4.69, 9.17) is 61.7 Å². The predicted molar refractivity (Wildman–Crippen MR) is 84.3 cm³/mol. The van der Waals surface area contributed by atoms with Gasteiger partial charge in [0.05, 0.1) is 15.1 Å². The van der Waals surface area contributed by atoms with Crippen molar-refractivity contribution < 1.29 is 20.4 Å². The summed E-state index contributed by atoms with van der Waals surface area (Å²) in [6, 6.07) is 3.65. The van der Waals surface area contributed by atoms with Crippen LogP contribution in [0.1, 0.15) is 5.56 Å². The van der Waals surface area contributed by atoms with E-state index in [9.17, 15) is 5.11 Å². The lowest BCUT2D eigenvalue weighted by Gasteiger charge is -2.04. The third-order valence-electron chi connectivity index (χ3n) is 2.44. The summed E-state index contributed by atoms with van der Waals surface area (Å²) in [6.07, 6.45) is 0. The summed E-state index contributed by atoms with van der Waals surface area (Å²) >= 11 is 22.0. The molecule has 0 aliphatic carbocycles. The Hall–Kier alpha value is -1.20. The first kappa shape index (κ1) is 17.9. The monoisotopic (exact) mass is 370 g/mol. The van der Waals surface area contributed by atoms with Gasteiger partial charge in [-0.2, -0.15) is 0 Å². The number of hydrogen-bond acceptors (Lipinski definition) is 4. The zero-order valence-electron chi connectivity index (χ0n) is 10.5. The number of halogens is 4. The number of hydrogen-bond donors (Lipinski definition) is 4. The molecule has 0 saturated heterocycles. The van der Waals surface area contributed by atoms with Crippen LogP contribution in [0.3, 0.4) is 0 Å². The molecule has 0 spiro atoms. The van der Waals surface area contributed by atoms with Gasteiger partial charge in [0.15, 0.2) is 0 Å². The van der Waals surface area contributed by atoms with Crippen LogP contribution in [-0.2, 0) is 0 Å². The van der Waals surface area contributed by atoms with Gasteiger partial charge in [-0.15, -0.1) is 0 Å². The van der Waals surface area contributed by atoms with Gasteiger partial charge >= 0.3 is 0 Å². The molecule has 0 aliphatic heterocycles. The lowest BCUT2D eigenvalue weighted by molar-refractivity contribution is 0.443. The first-order valence-electron chi connectivity index (χ1n) is 5.38. The zero-order chi connectivity index (χ0) is 16.3. The minimum atomic E-state index is -0.177. The Balaban J connectivity index is 0.000000211. The second-order valence-corrected chi connectivity index (χ2v) is 5.52. The first-order valence-corrected chi connectivity index (χ1v) is 6.89. The average Bonchev–Trinajstić information content (AvgIpc) is 2.42. The van der Waals surface area contributed by atoms with E-state index in [1.165, 1.54) is 12.1 Å². The lowest BCUT2D eigenvalue weighted by Crippen LogP contribution is -1.79. The predicted octanol–water partition coefficient (Wildman–Crippen LogP) is 5.12. The molecule has 0 saturated carbocycles. The Morgan fingerprint density at radius 3 is 1.57 bits per heavy atom. The van der Waals surface area contributed by atoms with Gasteiger partial charge in [0, 0.05) is 17.7 Å². The van der Waals surface area contributed by atoms with Crippen molar-refractivity contribution in [3.05, 3.63) is 43.9 Å². The van der Waals surface area contributed by atoms with Crippen LogP contribution >= 0.6 is 46.4 Å². The van der Waals surface area contributed by atoms with Crippen molar-refractivity contribution in [2.75, 3.05) is 0 Å². The molecular formula is C13H10Cl4O4.